The number of anilines is 1. The van der Waals surface area contributed by atoms with E-state index >= 15 is 0 Å². The first-order chi connectivity index (χ1) is 10.1. The van der Waals surface area contributed by atoms with Gasteiger partial charge in [0.05, 0.1) is 5.56 Å². The van der Waals surface area contributed by atoms with Crippen molar-refractivity contribution in [2.45, 2.75) is 19.8 Å². The summed E-state index contributed by atoms with van der Waals surface area (Å²) in [4.78, 5) is 14.8. The zero-order valence-electron chi connectivity index (χ0n) is 11.7. The van der Waals surface area contributed by atoms with Gasteiger partial charge >= 0.3 is 0 Å². The molecule has 0 radical (unpaired) electrons. The minimum atomic E-state index is 0.0491. The van der Waals surface area contributed by atoms with E-state index in [1.807, 2.05) is 23.1 Å². The topological polar surface area (TPSA) is 20.3 Å². The van der Waals surface area contributed by atoms with E-state index in [-0.39, 0.29) is 5.91 Å². The molecule has 0 fully saturated rings. The van der Waals surface area contributed by atoms with Crippen LogP contribution in [0.4, 0.5) is 5.69 Å². The Hall–Kier alpha value is -1.13. The van der Waals surface area contributed by atoms with Gasteiger partial charge in [-0.3, -0.25) is 4.79 Å². The van der Waals surface area contributed by atoms with Gasteiger partial charge in [-0.1, -0.05) is 33.6 Å². The summed E-state index contributed by atoms with van der Waals surface area (Å²) in [5, 5.41) is 0. The molecule has 2 aromatic carbocycles. The minimum absolute atomic E-state index is 0.0491. The summed E-state index contributed by atoms with van der Waals surface area (Å²) >= 11 is 6.92. The Bertz CT molecular complexity index is 712. The summed E-state index contributed by atoms with van der Waals surface area (Å²) in [6.45, 7) is 2.86. The molecular formula is C17H15Br2NO. The van der Waals surface area contributed by atoms with Crippen LogP contribution in [0.15, 0.2) is 45.3 Å². The fourth-order valence-corrected chi connectivity index (χ4v) is 3.52. The van der Waals surface area contributed by atoms with Crippen LogP contribution >= 0.6 is 31.9 Å². The van der Waals surface area contributed by atoms with Crippen LogP contribution in [0.1, 0.15) is 27.9 Å². The fraction of sp³-hybridized carbons (Fsp3) is 0.235. The van der Waals surface area contributed by atoms with Gasteiger partial charge in [0, 0.05) is 21.2 Å². The Balaban J connectivity index is 2.02. The van der Waals surface area contributed by atoms with Crippen molar-refractivity contribution >= 4 is 43.5 Å². The lowest BCUT2D eigenvalue weighted by Crippen LogP contribution is -2.35. The summed E-state index contributed by atoms with van der Waals surface area (Å²) in [5.74, 6) is 0.0491. The molecule has 3 rings (SSSR count). The maximum atomic E-state index is 12.9. The number of amides is 1. The molecule has 0 aromatic heterocycles. The van der Waals surface area contributed by atoms with Crippen LogP contribution in [0.5, 0.6) is 0 Å². The predicted molar refractivity (Wildman–Crippen MR) is 93.0 cm³/mol. The summed E-state index contributed by atoms with van der Waals surface area (Å²) in [6, 6.07) is 12.0. The van der Waals surface area contributed by atoms with Gasteiger partial charge in [0.25, 0.3) is 5.91 Å². The Labute approximate surface area is 141 Å². The largest absolute Gasteiger partial charge is 0.308 e. The van der Waals surface area contributed by atoms with Crippen molar-refractivity contribution in [2.75, 3.05) is 11.4 Å². The second kappa shape index (κ2) is 5.93. The molecule has 0 unspecified atom stereocenters. The average molecular weight is 409 g/mol. The number of benzene rings is 2. The van der Waals surface area contributed by atoms with Crippen molar-refractivity contribution in [3.05, 3.63) is 62.0 Å². The third kappa shape index (κ3) is 2.92. The number of rotatable bonds is 1. The standard InChI is InChI=1S/C17H15Br2NO/c1-11-4-7-16-12(9-11)3-2-8-20(16)17(21)14-10-13(18)5-6-15(14)19/h4-7,9-10H,2-3,8H2,1H3. The summed E-state index contributed by atoms with van der Waals surface area (Å²) < 4.78 is 1.74. The number of halogens is 2. The SMILES string of the molecule is Cc1ccc2c(c1)CCCN2C(=O)c1cc(Br)ccc1Br. The average Bonchev–Trinajstić information content (AvgIpc) is 2.48. The maximum Gasteiger partial charge on any atom is 0.259 e. The van der Waals surface area contributed by atoms with Crippen molar-refractivity contribution in [1.82, 2.24) is 0 Å². The lowest BCUT2D eigenvalue weighted by molar-refractivity contribution is 0.0984. The predicted octanol–water partition coefficient (Wildman–Crippen LogP) is 5.11. The van der Waals surface area contributed by atoms with E-state index in [2.05, 4.69) is 57.0 Å². The van der Waals surface area contributed by atoms with Gasteiger partial charge in [-0.25, -0.2) is 0 Å². The molecule has 2 aromatic rings. The quantitative estimate of drug-likeness (QED) is 0.641. The minimum Gasteiger partial charge on any atom is -0.308 e. The highest BCUT2D eigenvalue weighted by atomic mass is 79.9. The molecule has 1 heterocycles. The van der Waals surface area contributed by atoms with Crippen molar-refractivity contribution in [3.63, 3.8) is 0 Å². The highest BCUT2D eigenvalue weighted by molar-refractivity contribution is 9.11. The summed E-state index contributed by atoms with van der Waals surface area (Å²) in [5.41, 5.74) is 4.24. The zero-order valence-corrected chi connectivity index (χ0v) is 14.9. The Morgan fingerprint density at radius 1 is 1.14 bits per heavy atom. The second-order valence-electron chi connectivity index (χ2n) is 5.32. The zero-order chi connectivity index (χ0) is 15.0. The Kier molecular flexibility index (Phi) is 4.18. The van der Waals surface area contributed by atoms with Gasteiger partial charge in [-0.05, 0) is 65.5 Å². The van der Waals surface area contributed by atoms with E-state index in [1.165, 1.54) is 11.1 Å². The molecule has 0 N–H and O–H groups in total. The molecule has 1 aliphatic rings. The van der Waals surface area contributed by atoms with Crippen LogP contribution in [-0.2, 0) is 6.42 Å². The van der Waals surface area contributed by atoms with E-state index in [9.17, 15) is 4.79 Å². The smallest absolute Gasteiger partial charge is 0.259 e. The van der Waals surface area contributed by atoms with Crippen molar-refractivity contribution in [1.29, 1.82) is 0 Å². The number of hydrogen-bond donors (Lipinski definition) is 0. The van der Waals surface area contributed by atoms with Crippen molar-refractivity contribution in [3.8, 4) is 0 Å². The van der Waals surface area contributed by atoms with Crippen LogP contribution in [0.3, 0.4) is 0 Å². The number of carbonyl (C=O) groups is 1. The van der Waals surface area contributed by atoms with E-state index in [0.29, 0.717) is 5.56 Å². The fourth-order valence-electron chi connectivity index (χ4n) is 2.74. The van der Waals surface area contributed by atoms with Crippen molar-refractivity contribution in [2.24, 2.45) is 0 Å². The van der Waals surface area contributed by atoms with Gasteiger partial charge in [0.2, 0.25) is 0 Å². The van der Waals surface area contributed by atoms with Crippen LogP contribution in [-0.4, -0.2) is 12.5 Å². The number of carbonyl (C=O) groups excluding carboxylic acids is 1. The van der Waals surface area contributed by atoms with Crippen LogP contribution in [0.25, 0.3) is 0 Å². The summed E-state index contributed by atoms with van der Waals surface area (Å²) in [7, 11) is 0. The molecule has 0 saturated heterocycles. The van der Waals surface area contributed by atoms with Crippen LogP contribution in [0.2, 0.25) is 0 Å². The highest BCUT2D eigenvalue weighted by Crippen LogP contribution is 2.31. The van der Waals surface area contributed by atoms with Crippen LogP contribution < -0.4 is 4.90 Å². The lowest BCUT2D eigenvalue weighted by atomic mass is 9.99. The Morgan fingerprint density at radius 2 is 1.95 bits per heavy atom. The molecule has 0 atom stereocenters. The number of hydrogen-bond acceptors (Lipinski definition) is 1. The first-order valence-electron chi connectivity index (χ1n) is 6.93. The molecule has 1 aliphatic heterocycles. The van der Waals surface area contributed by atoms with Gasteiger partial charge in [-0.15, -0.1) is 0 Å². The van der Waals surface area contributed by atoms with E-state index in [0.717, 1.165) is 34.0 Å². The number of fused-ring (bicyclic) bond motifs is 1. The first kappa shape index (κ1) is 14.8. The lowest BCUT2D eigenvalue weighted by Gasteiger charge is -2.30. The highest BCUT2D eigenvalue weighted by Gasteiger charge is 2.25. The molecule has 0 aliphatic carbocycles. The first-order valence-corrected chi connectivity index (χ1v) is 8.51. The van der Waals surface area contributed by atoms with E-state index in [4.69, 9.17) is 0 Å². The number of aryl methyl sites for hydroxylation is 2. The maximum absolute atomic E-state index is 12.9. The molecule has 0 bridgehead atoms. The Morgan fingerprint density at radius 3 is 2.76 bits per heavy atom. The normalized spacial score (nSPS) is 14.0. The molecule has 108 valence electrons. The van der Waals surface area contributed by atoms with Gasteiger partial charge in [-0.2, -0.15) is 0 Å². The molecular weight excluding hydrogens is 394 g/mol. The third-order valence-electron chi connectivity index (χ3n) is 3.76. The van der Waals surface area contributed by atoms with Gasteiger partial charge in [0.1, 0.15) is 0 Å². The monoisotopic (exact) mass is 407 g/mol. The second-order valence-corrected chi connectivity index (χ2v) is 7.09. The molecule has 0 spiro atoms. The summed E-state index contributed by atoms with van der Waals surface area (Å²) in [6.07, 6.45) is 2.05. The third-order valence-corrected chi connectivity index (χ3v) is 4.94. The van der Waals surface area contributed by atoms with Gasteiger partial charge in [0.15, 0.2) is 0 Å². The van der Waals surface area contributed by atoms with Crippen LogP contribution in [0, 0.1) is 6.92 Å². The van der Waals surface area contributed by atoms with Gasteiger partial charge < -0.3 is 4.90 Å². The van der Waals surface area contributed by atoms with Crippen molar-refractivity contribution < 1.29 is 4.79 Å². The van der Waals surface area contributed by atoms with E-state index in [1.54, 1.807) is 0 Å². The number of nitrogens with zero attached hydrogens (tertiary/aromatic N) is 1. The van der Waals surface area contributed by atoms with E-state index < -0.39 is 0 Å². The molecule has 2 nitrogen and oxygen atoms in total. The molecule has 1 amide bonds. The molecule has 0 saturated carbocycles. The molecule has 4 heteroatoms. The molecule has 21 heavy (non-hydrogen) atoms.